The van der Waals surface area contributed by atoms with Crippen LogP contribution >= 0.6 is 0 Å². The molecule has 1 aliphatic rings. The average molecular weight is 523 g/mol. The van der Waals surface area contributed by atoms with Crippen molar-refractivity contribution in [1.29, 1.82) is 0 Å². The highest BCUT2D eigenvalue weighted by atomic mass is 32.2. The number of anilines is 3. The van der Waals surface area contributed by atoms with E-state index in [1.165, 1.54) is 12.1 Å². The maximum absolute atomic E-state index is 13.4. The largest absolute Gasteiger partial charge is 0.495 e. The number of aryl methyl sites for hydroxylation is 1. The van der Waals surface area contributed by atoms with Crippen molar-refractivity contribution >= 4 is 33.0 Å². The Morgan fingerprint density at radius 2 is 1.62 bits per heavy atom. The number of carbonyl (C=O) groups is 1. The van der Waals surface area contributed by atoms with Gasteiger partial charge in [0.05, 0.1) is 17.7 Å². The molecule has 1 saturated heterocycles. The molecule has 0 unspecified atom stereocenters. The standard InChI is InChI=1S/C28H34N4O4S/c1-4-15-29-22-10-12-23(13-11-22)30-37(34,35)24-14-9-21(2)25(20-24)28(33)32-18-16-31(17-19-32)26-7-5-6-8-27(26)36-3/h5-14,20,29-30H,4,15-19H2,1-3H3. The van der Waals surface area contributed by atoms with Gasteiger partial charge in [-0.05, 0) is 67.4 Å². The van der Waals surface area contributed by atoms with Crippen molar-refractivity contribution in [2.45, 2.75) is 25.2 Å². The van der Waals surface area contributed by atoms with Gasteiger partial charge in [0.1, 0.15) is 5.75 Å². The number of methoxy groups -OCH3 is 1. The Morgan fingerprint density at radius 3 is 2.30 bits per heavy atom. The summed E-state index contributed by atoms with van der Waals surface area (Å²) in [5.41, 5.74) is 3.53. The Morgan fingerprint density at radius 1 is 0.946 bits per heavy atom. The fourth-order valence-electron chi connectivity index (χ4n) is 4.35. The molecule has 196 valence electrons. The molecule has 0 radical (unpaired) electrons. The van der Waals surface area contributed by atoms with E-state index in [1.54, 1.807) is 30.2 Å². The topological polar surface area (TPSA) is 91.0 Å². The Kier molecular flexibility index (Phi) is 8.23. The fraction of sp³-hybridized carbons (Fsp3) is 0.321. The smallest absolute Gasteiger partial charge is 0.261 e. The summed E-state index contributed by atoms with van der Waals surface area (Å²) in [6, 6.07) is 19.6. The number of carbonyl (C=O) groups excluding carboxylic acids is 1. The number of rotatable bonds is 9. The maximum Gasteiger partial charge on any atom is 0.261 e. The van der Waals surface area contributed by atoms with Crippen molar-refractivity contribution in [1.82, 2.24) is 4.90 Å². The van der Waals surface area contributed by atoms with Gasteiger partial charge in [0, 0.05) is 49.7 Å². The van der Waals surface area contributed by atoms with E-state index in [9.17, 15) is 13.2 Å². The van der Waals surface area contributed by atoms with Crippen LogP contribution in [0.3, 0.4) is 0 Å². The van der Waals surface area contributed by atoms with E-state index in [-0.39, 0.29) is 10.8 Å². The zero-order valence-electron chi connectivity index (χ0n) is 21.5. The van der Waals surface area contributed by atoms with Gasteiger partial charge < -0.3 is 19.9 Å². The van der Waals surface area contributed by atoms with Crippen molar-refractivity contribution < 1.29 is 17.9 Å². The van der Waals surface area contributed by atoms with Crippen LogP contribution in [-0.4, -0.2) is 59.1 Å². The third-order valence-corrected chi connectivity index (χ3v) is 7.84. The number of sulfonamides is 1. The molecule has 1 amide bonds. The van der Waals surface area contributed by atoms with E-state index < -0.39 is 10.0 Å². The summed E-state index contributed by atoms with van der Waals surface area (Å²) in [6.07, 6.45) is 1.00. The first kappa shape index (κ1) is 26.3. The van der Waals surface area contributed by atoms with Crippen LogP contribution in [0, 0.1) is 6.92 Å². The minimum absolute atomic E-state index is 0.0577. The first-order valence-corrected chi connectivity index (χ1v) is 14.0. The van der Waals surface area contributed by atoms with Crippen molar-refractivity contribution in [2.75, 3.05) is 54.8 Å². The summed E-state index contributed by atoms with van der Waals surface area (Å²) in [7, 11) is -2.21. The monoisotopic (exact) mass is 522 g/mol. The lowest BCUT2D eigenvalue weighted by Crippen LogP contribution is -2.49. The highest BCUT2D eigenvalue weighted by Crippen LogP contribution is 2.29. The Balaban J connectivity index is 1.46. The quantitative estimate of drug-likeness (QED) is 0.427. The van der Waals surface area contributed by atoms with Crippen LogP contribution in [0.5, 0.6) is 5.75 Å². The normalized spacial score (nSPS) is 13.8. The molecule has 1 fully saturated rings. The van der Waals surface area contributed by atoms with Gasteiger partial charge in [0.2, 0.25) is 0 Å². The second-order valence-electron chi connectivity index (χ2n) is 9.04. The molecule has 9 heteroatoms. The number of piperazine rings is 1. The van der Waals surface area contributed by atoms with Crippen molar-refractivity contribution in [3.05, 3.63) is 77.9 Å². The van der Waals surface area contributed by atoms with Gasteiger partial charge in [-0.15, -0.1) is 0 Å². The molecule has 4 rings (SSSR count). The van der Waals surface area contributed by atoms with E-state index >= 15 is 0 Å². The van der Waals surface area contributed by atoms with Crippen LogP contribution in [0.1, 0.15) is 29.3 Å². The van der Waals surface area contributed by atoms with Crippen LogP contribution in [0.15, 0.2) is 71.6 Å². The molecule has 0 aromatic heterocycles. The van der Waals surface area contributed by atoms with E-state index in [0.717, 1.165) is 35.7 Å². The minimum Gasteiger partial charge on any atom is -0.495 e. The molecule has 0 aliphatic carbocycles. The molecule has 3 aromatic rings. The summed E-state index contributed by atoms with van der Waals surface area (Å²) < 4.78 is 34.3. The van der Waals surface area contributed by atoms with Crippen LogP contribution in [0.4, 0.5) is 17.1 Å². The van der Waals surface area contributed by atoms with Gasteiger partial charge in [-0.2, -0.15) is 0 Å². The lowest BCUT2D eigenvalue weighted by atomic mass is 10.1. The highest BCUT2D eigenvalue weighted by Gasteiger charge is 2.26. The molecular weight excluding hydrogens is 488 g/mol. The SMILES string of the molecule is CCCNc1ccc(NS(=O)(=O)c2ccc(C)c(C(=O)N3CCN(c4ccccc4OC)CC3)c2)cc1. The maximum atomic E-state index is 13.4. The number of benzene rings is 3. The zero-order chi connectivity index (χ0) is 26.4. The summed E-state index contributed by atoms with van der Waals surface area (Å²) in [4.78, 5) is 17.4. The number of ether oxygens (including phenoxy) is 1. The molecule has 0 atom stereocenters. The van der Waals surface area contributed by atoms with Crippen LogP contribution in [0.2, 0.25) is 0 Å². The predicted octanol–water partition coefficient (Wildman–Crippen LogP) is 4.59. The van der Waals surface area contributed by atoms with Crippen LogP contribution in [0.25, 0.3) is 0 Å². The van der Waals surface area contributed by atoms with Gasteiger partial charge >= 0.3 is 0 Å². The Bertz CT molecular complexity index is 1330. The van der Waals surface area contributed by atoms with E-state index in [2.05, 4.69) is 21.9 Å². The number of amides is 1. The first-order chi connectivity index (χ1) is 17.8. The summed E-state index contributed by atoms with van der Waals surface area (Å²) in [5, 5.41) is 3.26. The lowest BCUT2D eigenvalue weighted by Gasteiger charge is -2.36. The fourth-order valence-corrected chi connectivity index (χ4v) is 5.43. The number of hydrogen-bond donors (Lipinski definition) is 2. The molecule has 0 spiro atoms. The minimum atomic E-state index is -3.86. The van der Waals surface area contributed by atoms with Crippen molar-refractivity contribution in [2.24, 2.45) is 0 Å². The first-order valence-electron chi connectivity index (χ1n) is 12.5. The summed E-state index contributed by atoms with van der Waals surface area (Å²) >= 11 is 0. The number of para-hydroxylation sites is 2. The predicted molar refractivity (Wildman–Crippen MR) is 148 cm³/mol. The van der Waals surface area contributed by atoms with Crippen molar-refractivity contribution in [3.8, 4) is 5.75 Å². The molecule has 37 heavy (non-hydrogen) atoms. The lowest BCUT2D eigenvalue weighted by molar-refractivity contribution is 0.0745. The van der Waals surface area contributed by atoms with Gasteiger partial charge in [0.15, 0.2) is 0 Å². The van der Waals surface area contributed by atoms with Gasteiger partial charge in [-0.1, -0.05) is 25.1 Å². The molecule has 1 aliphatic heterocycles. The molecule has 2 N–H and O–H groups in total. The average Bonchev–Trinajstić information content (AvgIpc) is 2.92. The zero-order valence-corrected chi connectivity index (χ0v) is 22.3. The third kappa shape index (κ3) is 6.17. The van der Waals surface area contributed by atoms with Crippen molar-refractivity contribution in [3.63, 3.8) is 0 Å². The Hall–Kier alpha value is -3.72. The van der Waals surface area contributed by atoms with Crippen LogP contribution < -0.4 is 19.7 Å². The van der Waals surface area contributed by atoms with Gasteiger partial charge in [-0.25, -0.2) is 8.42 Å². The van der Waals surface area contributed by atoms with Gasteiger partial charge in [-0.3, -0.25) is 9.52 Å². The summed E-state index contributed by atoms with van der Waals surface area (Å²) in [5.74, 6) is 0.635. The molecule has 1 heterocycles. The number of hydrogen-bond acceptors (Lipinski definition) is 6. The molecule has 0 saturated carbocycles. The molecular formula is C28H34N4O4S. The van der Waals surface area contributed by atoms with E-state index in [0.29, 0.717) is 37.4 Å². The number of nitrogens with zero attached hydrogens (tertiary/aromatic N) is 2. The van der Waals surface area contributed by atoms with E-state index in [4.69, 9.17) is 4.74 Å². The molecule has 0 bridgehead atoms. The van der Waals surface area contributed by atoms with Crippen LogP contribution in [-0.2, 0) is 10.0 Å². The Labute approximate surface area is 219 Å². The second kappa shape index (κ2) is 11.6. The summed E-state index contributed by atoms with van der Waals surface area (Å²) in [6.45, 7) is 7.14. The molecule has 3 aromatic carbocycles. The third-order valence-electron chi connectivity index (χ3n) is 6.46. The highest BCUT2D eigenvalue weighted by molar-refractivity contribution is 7.92. The van der Waals surface area contributed by atoms with Gasteiger partial charge in [0.25, 0.3) is 15.9 Å². The second-order valence-corrected chi connectivity index (χ2v) is 10.7. The molecule has 8 nitrogen and oxygen atoms in total. The van der Waals surface area contributed by atoms with E-state index in [1.807, 2.05) is 43.3 Å². The number of nitrogens with one attached hydrogen (secondary N) is 2.